The molecule has 0 saturated heterocycles. The van der Waals surface area contributed by atoms with E-state index in [-0.39, 0.29) is 0 Å². The molecule has 0 heterocycles. The fraction of sp³-hybridized carbons (Fsp3) is 0.588. The second kappa shape index (κ2) is 6.76. The normalized spacial score (nSPS) is 14.3. The SMILES string of the molecule is CCNCc1ccc(N(CC2CC2)C(C)C)c(C#N)c1. The molecule has 0 bridgehead atoms. The Balaban J connectivity index is 2.22. The molecule has 0 amide bonds. The van der Waals surface area contributed by atoms with Gasteiger partial charge >= 0.3 is 0 Å². The summed E-state index contributed by atoms with van der Waals surface area (Å²) in [4.78, 5) is 2.38. The van der Waals surface area contributed by atoms with Gasteiger partial charge in [-0.15, -0.1) is 0 Å². The highest BCUT2D eigenvalue weighted by Gasteiger charge is 2.26. The van der Waals surface area contributed by atoms with E-state index < -0.39 is 0 Å². The van der Waals surface area contributed by atoms with E-state index in [9.17, 15) is 5.26 Å². The van der Waals surface area contributed by atoms with Crippen LogP contribution in [0.1, 0.15) is 44.7 Å². The van der Waals surface area contributed by atoms with Crippen LogP contribution in [0.5, 0.6) is 0 Å². The van der Waals surface area contributed by atoms with E-state index in [1.165, 1.54) is 18.4 Å². The Morgan fingerprint density at radius 3 is 2.70 bits per heavy atom. The van der Waals surface area contributed by atoms with E-state index in [0.717, 1.165) is 36.8 Å². The summed E-state index contributed by atoms with van der Waals surface area (Å²) in [6.45, 7) is 9.36. The monoisotopic (exact) mass is 271 g/mol. The van der Waals surface area contributed by atoms with Crippen LogP contribution in [0.25, 0.3) is 0 Å². The van der Waals surface area contributed by atoms with Crippen LogP contribution in [0.4, 0.5) is 5.69 Å². The molecule has 0 unspecified atom stereocenters. The van der Waals surface area contributed by atoms with Gasteiger partial charge in [0.05, 0.1) is 11.3 Å². The van der Waals surface area contributed by atoms with E-state index in [2.05, 4.69) is 49.2 Å². The highest BCUT2D eigenvalue weighted by molar-refractivity contribution is 5.61. The summed E-state index contributed by atoms with van der Waals surface area (Å²) >= 11 is 0. The molecule has 1 aromatic rings. The van der Waals surface area contributed by atoms with Crippen molar-refractivity contribution < 1.29 is 0 Å². The molecule has 0 aliphatic heterocycles. The van der Waals surface area contributed by atoms with Crippen molar-refractivity contribution in [1.29, 1.82) is 5.26 Å². The van der Waals surface area contributed by atoms with Gasteiger partial charge in [0.1, 0.15) is 6.07 Å². The zero-order valence-corrected chi connectivity index (χ0v) is 12.8. The van der Waals surface area contributed by atoms with Crippen LogP contribution in [0.2, 0.25) is 0 Å². The summed E-state index contributed by atoms with van der Waals surface area (Å²) in [5.74, 6) is 0.824. The topological polar surface area (TPSA) is 39.1 Å². The first-order valence-corrected chi connectivity index (χ1v) is 7.66. The van der Waals surface area contributed by atoms with E-state index in [1.54, 1.807) is 0 Å². The summed E-state index contributed by atoms with van der Waals surface area (Å²) < 4.78 is 0. The third kappa shape index (κ3) is 3.74. The number of nitrogens with one attached hydrogen (secondary N) is 1. The maximum absolute atomic E-state index is 9.45. The molecule has 1 saturated carbocycles. The van der Waals surface area contributed by atoms with Crippen LogP contribution in [-0.2, 0) is 6.54 Å². The van der Waals surface area contributed by atoms with Crippen molar-refractivity contribution in [2.75, 3.05) is 18.0 Å². The van der Waals surface area contributed by atoms with Crippen molar-refractivity contribution in [1.82, 2.24) is 5.32 Å². The van der Waals surface area contributed by atoms with E-state index in [4.69, 9.17) is 0 Å². The number of hydrogen-bond donors (Lipinski definition) is 1. The van der Waals surface area contributed by atoms with Gasteiger partial charge in [-0.1, -0.05) is 13.0 Å². The Kier molecular flexibility index (Phi) is 5.03. The zero-order chi connectivity index (χ0) is 14.5. The summed E-state index contributed by atoms with van der Waals surface area (Å²) in [6, 6.07) is 9.09. The Morgan fingerprint density at radius 1 is 1.40 bits per heavy atom. The van der Waals surface area contributed by atoms with Crippen LogP contribution in [0.3, 0.4) is 0 Å². The lowest BCUT2D eigenvalue weighted by Crippen LogP contribution is -2.33. The molecule has 1 aliphatic rings. The van der Waals surface area contributed by atoms with Gasteiger partial charge in [-0.3, -0.25) is 0 Å². The molecular weight excluding hydrogens is 246 g/mol. The Bertz CT molecular complexity index is 483. The maximum atomic E-state index is 9.45. The highest BCUT2D eigenvalue weighted by Crippen LogP contribution is 2.33. The fourth-order valence-electron chi connectivity index (χ4n) is 2.47. The predicted octanol–water partition coefficient (Wildman–Crippen LogP) is 3.29. The fourth-order valence-corrected chi connectivity index (χ4v) is 2.47. The minimum atomic E-state index is 0.433. The first-order chi connectivity index (χ1) is 9.65. The molecule has 0 aromatic heterocycles. The third-order valence-electron chi connectivity index (χ3n) is 3.85. The summed E-state index contributed by atoms with van der Waals surface area (Å²) in [6.07, 6.45) is 2.67. The molecule has 3 nitrogen and oxygen atoms in total. The molecule has 0 spiro atoms. The lowest BCUT2D eigenvalue weighted by Gasteiger charge is -2.30. The molecule has 0 radical (unpaired) electrons. The molecule has 108 valence electrons. The van der Waals surface area contributed by atoms with Gasteiger partial charge in [-0.2, -0.15) is 5.26 Å². The minimum Gasteiger partial charge on any atom is -0.368 e. The third-order valence-corrected chi connectivity index (χ3v) is 3.85. The van der Waals surface area contributed by atoms with Crippen molar-refractivity contribution in [3.05, 3.63) is 29.3 Å². The number of anilines is 1. The van der Waals surface area contributed by atoms with E-state index >= 15 is 0 Å². The van der Waals surface area contributed by atoms with Gasteiger partial charge in [0.2, 0.25) is 0 Å². The number of nitriles is 1. The molecule has 2 rings (SSSR count). The minimum absolute atomic E-state index is 0.433. The second-order valence-corrected chi connectivity index (χ2v) is 5.93. The summed E-state index contributed by atoms with van der Waals surface area (Å²) in [7, 11) is 0. The molecule has 1 aliphatic carbocycles. The van der Waals surface area contributed by atoms with Crippen LogP contribution in [0.15, 0.2) is 18.2 Å². The first kappa shape index (κ1) is 14.9. The Labute approximate surface area is 122 Å². The van der Waals surface area contributed by atoms with Crippen LogP contribution in [0, 0.1) is 17.2 Å². The van der Waals surface area contributed by atoms with Crippen LogP contribution < -0.4 is 10.2 Å². The van der Waals surface area contributed by atoms with Gasteiger partial charge in [0.15, 0.2) is 0 Å². The van der Waals surface area contributed by atoms with E-state index in [0.29, 0.717) is 6.04 Å². The zero-order valence-electron chi connectivity index (χ0n) is 12.8. The first-order valence-electron chi connectivity index (χ1n) is 7.66. The average molecular weight is 271 g/mol. The smallest absolute Gasteiger partial charge is 0.101 e. The van der Waals surface area contributed by atoms with Gasteiger partial charge in [-0.05, 0) is 56.8 Å². The molecule has 20 heavy (non-hydrogen) atoms. The van der Waals surface area contributed by atoms with Crippen LogP contribution >= 0.6 is 0 Å². The maximum Gasteiger partial charge on any atom is 0.101 e. The summed E-state index contributed by atoms with van der Waals surface area (Å²) in [5.41, 5.74) is 3.08. The Hall–Kier alpha value is -1.53. The van der Waals surface area contributed by atoms with Crippen molar-refractivity contribution >= 4 is 5.69 Å². The van der Waals surface area contributed by atoms with E-state index in [1.807, 2.05) is 6.07 Å². The van der Waals surface area contributed by atoms with Crippen molar-refractivity contribution in [3.8, 4) is 6.07 Å². The Morgan fingerprint density at radius 2 is 2.15 bits per heavy atom. The largest absolute Gasteiger partial charge is 0.368 e. The number of nitrogens with zero attached hydrogens (tertiary/aromatic N) is 2. The number of hydrogen-bond acceptors (Lipinski definition) is 3. The predicted molar refractivity (Wildman–Crippen MR) is 83.7 cm³/mol. The van der Waals surface area contributed by atoms with Gasteiger partial charge in [-0.25, -0.2) is 0 Å². The molecule has 0 atom stereocenters. The quantitative estimate of drug-likeness (QED) is 0.827. The molecule has 1 fully saturated rings. The average Bonchev–Trinajstić information content (AvgIpc) is 3.26. The van der Waals surface area contributed by atoms with Gasteiger partial charge in [0, 0.05) is 19.1 Å². The number of benzene rings is 1. The standard InChI is InChI=1S/C17H25N3/c1-4-19-11-15-7-8-17(16(9-15)10-18)20(13(2)3)12-14-5-6-14/h7-9,13-14,19H,4-6,11-12H2,1-3H3. The molecule has 1 N–H and O–H groups in total. The lowest BCUT2D eigenvalue weighted by atomic mass is 10.1. The van der Waals surface area contributed by atoms with Crippen molar-refractivity contribution in [2.24, 2.45) is 5.92 Å². The van der Waals surface area contributed by atoms with Gasteiger partial charge in [0.25, 0.3) is 0 Å². The lowest BCUT2D eigenvalue weighted by molar-refractivity contribution is 0.643. The molecule has 1 aromatic carbocycles. The summed E-state index contributed by atoms with van der Waals surface area (Å²) in [5, 5.41) is 12.8. The van der Waals surface area contributed by atoms with Gasteiger partial charge < -0.3 is 10.2 Å². The van der Waals surface area contributed by atoms with Crippen molar-refractivity contribution in [2.45, 2.75) is 46.2 Å². The second-order valence-electron chi connectivity index (χ2n) is 5.93. The highest BCUT2D eigenvalue weighted by atomic mass is 15.2. The molecular formula is C17H25N3. The number of rotatable bonds is 7. The molecule has 3 heteroatoms. The van der Waals surface area contributed by atoms with Crippen molar-refractivity contribution in [3.63, 3.8) is 0 Å². The van der Waals surface area contributed by atoms with Crippen LogP contribution in [-0.4, -0.2) is 19.1 Å².